The van der Waals surface area contributed by atoms with E-state index in [1.165, 1.54) is 6.33 Å². The highest BCUT2D eigenvalue weighted by atomic mass is 35.5. The van der Waals surface area contributed by atoms with Crippen LogP contribution in [-0.2, 0) is 17.7 Å². The van der Waals surface area contributed by atoms with Crippen LogP contribution < -0.4 is 5.56 Å². The molecule has 36 heavy (non-hydrogen) atoms. The van der Waals surface area contributed by atoms with Gasteiger partial charge in [-0.2, -0.15) is 4.98 Å². The quantitative estimate of drug-likeness (QED) is 0.103. The van der Waals surface area contributed by atoms with E-state index in [4.69, 9.17) is 16.3 Å². The van der Waals surface area contributed by atoms with E-state index >= 15 is 0 Å². The van der Waals surface area contributed by atoms with Crippen molar-refractivity contribution in [3.8, 4) is 0 Å². The summed E-state index contributed by atoms with van der Waals surface area (Å²) in [6.45, 7) is 1.39. The third-order valence-electron chi connectivity index (χ3n) is 5.73. The Hall–Kier alpha value is -2.55. The smallest absolute Gasteiger partial charge is 0.277 e. The number of thioether (sulfide) groups is 1. The monoisotopic (exact) mass is 528 g/mol. The number of aryl methyl sites for hydroxylation is 1. The number of unbranched alkanes of at least 4 members (excludes halogenated alkanes) is 4. The van der Waals surface area contributed by atoms with E-state index in [2.05, 4.69) is 19.5 Å². The first-order valence-corrected chi connectivity index (χ1v) is 13.7. The highest BCUT2D eigenvalue weighted by Crippen LogP contribution is 2.19. The second-order valence-corrected chi connectivity index (χ2v) is 10.1. The molecule has 0 unspecified atom stereocenters. The van der Waals surface area contributed by atoms with Crippen molar-refractivity contribution >= 4 is 29.1 Å². The standard InChI is InChI=1S/C27H33ClN4O3S/c1-35-14-7-13-32-19-23(16-21-17-29-20-30-18-21)26(34)31-27(32)36-15-6-4-2-3-5-8-25(33)22-9-11-24(28)12-10-22/h9-12,17-20H,2-8,13-16H2,1H3. The number of ketones is 1. The highest BCUT2D eigenvalue weighted by Gasteiger charge is 2.11. The summed E-state index contributed by atoms with van der Waals surface area (Å²) in [4.78, 5) is 37.4. The summed E-state index contributed by atoms with van der Waals surface area (Å²) in [5, 5.41) is 1.39. The van der Waals surface area contributed by atoms with Gasteiger partial charge in [0.15, 0.2) is 10.9 Å². The first-order chi connectivity index (χ1) is 17.6. The van der Waals surface area contributed by atoms with Gasteiger partial charge in [0.05, 0.1) is 0 Å². The van der Waals surface area contributed by atoms with Crippen LogP contribution in [0.3, 0.4) is 0 Å². The predicted molar refractivity (Wildman–Crippen MR) is 144 cm³/mol. The van der Waals surface area contributed by atoms with E-state index < -0.39 is 0 Å². The number of methoxy groups -OCH3 is 1. The first-order valence-electron chi connectivity index (χ1n) is 12.3. The van der Waals surface area contributed by atoms with Crippen LogP contribution in [0, 0.1) is 0 Å². The number of Topliss-reactive ketones (excluding diaryl/α,β-unsaturated/α-hetero) is 1. The molecular weight excluding hydrogens is 496 g/mol. The fraction of sp³-hybridized carbons (Fsp3) is 0.444. The Morgan fingerprint density at radius 1 is 1.03 bits per heavy atom. The van der Waals surface area contributed by atoms with Gasteiger partial charge in [0.25, 0.3) is 5.56 Å². The lowest BCUT2D eigenvalue weighted by molar-refractivity contribution is 0.0979. The molecule has 0 radical (unpaired) electrons. The van der Waals surface area contributed by atoms with Crippen molar-refractivity contribution in [3.63, 3.8) is 0 Å². The normalized spacial score (nSPS) is 11.1. The van der Waals surface area contributed by atoms with Gasteiger partial charge in [0.1, 0.15) is 6.33 Å². The first kappa shape index (κ1) is 28.0. The summed E-state index contributed by atoms with van der Waals surface area (Å²) in [5.74, 6) is 1.06. The maximum Gasteiger partial charge on any atom is 0.277 e. The van der Waals surface area contributed by atoms with Crippen molar-refractivity contribution in [1.82, 2.24) is 19.5 Å². The van der Waals surface area contributed by atoms with Crippen molar-refractivity contribution in [3.05, 3.63) is 81.3 Å². The lowest BCUT2D eigenvalue weighted by Gasteiger charge is -2.13. The molecule has 0 saturated heterocycles. The number of carbonyl (C=O) groups is 1. The number of ether oxygens (including phenoxy) is 1. The molecule has 0 amide bonds. The van der Waals surface area contributed by atoms with E-state index in [1.54, 1.807) is 55.5 Å². The molecule has 0 spiro atoms. The third-order valence-corrected chi connectivity index (χ3v) is 7.06. The summed E-state index contributed by atoms with van der Waals surface area (Å²) < 4.78 is 7.26. The molecule has 0 bridgehead atoms. The van der Waals surface area contributed by atoms with Gasteiger partial charge in [-0.1, -0.05) is 42.6 Å². The molecule has 3 rings (SSSR count). The van der Waals surface area contributed by atoms with Crippen molar-refractivity contribution in [2.75, 3.05) is 19.5 Å². The minimum absolute atomic E-state index is 0.169. The van der Waals surface area contributed by atoms with Gasteiger partial charge in [0.2, 0.25) is 0 Å². The Morgan fingerprint density at radius 2 is 1.75 bits per heavy atom. The fourth-order valence-corrected chi connectivity index (χ4v) is 4.91. The fourth-order valence-electron chi connectivity index (χ4n) is 3.80. The average molecular weight is 529 g/mol. The maximum atomic E-state index is 12.7. The summed E-state index contributed by atoms with van der Waals surface area (Å²) in [5.41, 5.74) is 2.05. The van der Waals surface area contributed by atoms with Crippen LogP contribution in [-0.4, -0.2) is 44.8 Å². The molecule has 3 aromatic rings. The predicted octanol–water partition coefficient (Wildman–Crippen LogP) is 5.63. The molecule has 192 valence electrons. The minimum atomic E-state index is -0.199. The number of hydrogen-bond acceptors (Lipinski definition) is 7. The van der Waals surface area contributed by atoms with Gasteiger partial charge in [0, 0.05) is 73.6 Å². The average Bonchev–Trinajstić information content (AvgIpc) is 2.88. The summed E-state index contributed by atoms with van der Waals surface area (Å²) >= 11 is 7.50. The Kier molecular flexibility index (Phi) is 12.1. The lowest BCUT2D eigenvalue weighted by atomic mass is 10.0. The summed E-state index contributed by atoms with van der Waals surface area (Å²) in [6, 6.07) is 7.08. The van der Waals surface area contributed by atoms with Crippen LogP contribution in [0.2, 0.25) is 5.02 Å². The number of halogens is 1. The summed E-state index contributed by atoms with van der Waals surface area (Å²) in [7, 11) is 1.69. The molecule has 0 atom stereocenters. The van der Waals surface area contributed by atoms with E-state index in [-0.39, 0.29) is 11.3 Å². The lowest BCUT2D eigenvalue weighted by Crippen LogP contribution is -2.20. The molecule has 0 aliphatic heterocycles. The van der Waals surface area contributed by atoms with Crippen molar-refractivity contribution in [2.24, 2.45) is 0 Å². The molecule has 0 aliphatic carbocycles. The molecule has 2 aromatic heterocycles. The number of carbonyl (C=O) groups excluding carboxylic acids is 1. The molecule has 2 heterocycles. The van der Waals surface area contributed by atoms with E-state index in [0.29, 0.717) is 30.0 Å². The van der Waals surface area contributed by atoms with Crippen molar-refractivity contribution in [1.29, 1.82) is 0 Å². The number of nitrogens with zero attached hydrogens (tertiary/aromatic N) is 4. The van der Waals surface area contributed by atoms with Crippen LogP contribution >= 0.6 is 23.4 Å². The van der Waals surface area contributed by atoms with Gasteiger partial charge in [-0.15, -0.1) is 0 Å². The van der Waals surface area contributed by atoms with Crippen molar-refractivity contribution < 1.29 is 9.53 Å². The molecule has 0 N–H and O–H groups in total. The van der Waals surface area contributed by atoms with Gasteiger partial charge in [-0.3, -0.25) is 9.59 Å². The zero-order valence-corrected chi connectivity index (χ0v) is 22.3. The van der Waals surface area contributed by atoms with E-state index in [0.717, 1.165) is 67.1 Å². The minimum Gasteiger partial charge on any atom is -0.385 e. The molecule has 1 aromatic carbocycles. The largest absolute Gasteiger partial charge is 0.385 e. The summed E-state index contributed by atoms with van der Waals surface area (Å²) in [6.07, 6.45) is 13.8. The SMILES string of the molecule is COCCCn1cc(Cc2cncnc2)c(=O)nc1SCCCCCCCC(=O)c1ccc(Cl)cc1. The second-order valence-electron chi connectivity index (χ2n) is 8.61. The molecule has 0 aliphatic rings. The van der Waals surface area contributed by atoms with Gasteiger partial charge in [-0.05, 0) is 49.1 Å². The van der Waals surface area contributed by atoms with Crippen LogP contribution in [0.15, 0.2) is 59.1 Å². The Bertz CT molecular complexity index is 1140. The molecule has 0 saturated carbocycles. The second kappa shape index (κ2) is 15.5. The van der Waals surface area contributed by atoms with Crippen LogP contribution in [0.5, 0.6) is 0 Å². The van der Waals surface area contributed by atoms with E-state index in [9.17, 15) is 9.59 Å². The van der Waals surface area contributed by atoms with Gasteiger partial charge >= 0.3 is 0 Å². The van der Waals surface area contributed by atoms with Crippen LogP contribution in [0.4, 0.5) is 0 Å². The number of rotatable bonds is 16. The van der Waals surface area contributed by atoms with Gasteiger partial charge < -0.3 is 9.30 Å². The molecule has 7 nitrogen and oxygen atoms in total. The topological polar surface area (TPSA) is 87.0 Å². The van der Waals surface area contributed by atoms with Crippen LogP contribution in [0.25, 0.3) is 0 Å². The van der Waals surface area contributed by atoms with E-state index in [1.807, 2.05) is 6.20 Å². The Morgan fingerprint density at radius 3 is 2.50 bits per heavy atom. The Labute approximate surface area is 221 Å². The number of benzene rings is 1. The third kappa shape index (κ3) is 9.48. The molecule has 9 heteroatoms. The van der Waals surface area contributed by atoms with Crippen molar-refractivity contribution in [2.45, 2.75) is 63.1 Å². The number of hydrogen-bond donors (Lipinski definition) is 0. The zero-order chi connectivity index (χ0) is 25.6. The Balaban J connectivity index is 1.43. The number of aromatic nitrogens is 4. The molecule has 0 fully saturated rings. The molecular formula is C27H33ClN4O3S. The zero-order valence-electron chi connectivity index (χ0n) is 20.7. The van der Waals surface area contributed by atoms with Gasteiger partial charge in [-0.25, -0.2) is 9.97 Å². The van der Waals surface area contributed by atoms with Crippen LogP contribution in [0.1, 0.15) is 66.4 Å². The maximum absolute atomic E-state index is 12.7. The highest BCUT2D eigenvalue weighted by molar-refractivity contribution is 7.99.